The van der Waals surface area contributed by atoms with Gasteiger partial charge in [-0.2, -0.15) is 0 Å². The smallest absolute Gasteiger partial charge is 0.231 e. The van der Waals surface area contributed by atoms with E-state index in [1.54, 1.807) is 48.5 Å². The summed E-state index contributed by atoms with van der Waals surface area (Å²) in [5, 5.41) is 0.443. The van der Waals surface area contributed by atoms with E-state index in [2.05, 4.69) is 4.98 Å². The zero-order valence-electron chi connectivity index (χ0n) is 11.2. The van der Waals surface area contributed by atoms with Gasteiger partial charge in [-0.25, -0.2) is 4.98 Å². The van der Waals surface area contributed by atoms with Crippen molar-refractivity contribution in [3.63, 3.8) is 0 Å². The van der Waals surface area contributed by atoms with E-state index in [1.807, 2.05) is 0 Å². The molecule has 0 unspecified atom stereocenters. The molecule has 0 aliphatic heterocycles. The topological polar surface area (TPSA) is 60.2 Å². The monoisotopic (exact) mass is 309 g/mol. The Hall–Kier alpha value is -2.72. The first-order valence-corrected chi connectivity index (χ1v) is 6.99. The van der Waals surface area contributed by atoms with Crippen LogP contribution in [0.3, 0.4) is 0 Å². The minimum Gasteiger partial charge on any atom is -0.432 e. The van der Waals surface area contributed by atoms with Crippen LogP contribution in [-0.4, -0.2) is 16.6 Å². The van der Waals surface area contributed by atoms with Gasteiger partial charge in [0.15, 0.2) is 5.69 Å². The molecule has 0 saturated heterocycles. The molecule has 1 aliphatic rings. The summed E-state index contributed by atoms with van der Waals surface area (Å²) in [6.07, 6.45) is 0. The molecule has 1 aliphatic carbocycles. The Balaban J connectivity index is 1.93. The quantitative estimate of drug-likeness (QED) is 0.537. The van der Waals surface area contributed by atoms with Crippen LogP contribution in [0.5, 0.6) is 0 Å². The van der Waals surface area contributed by atoms with E-state index in [1.165, 1.54) is 0 Å². The number of hydrogen-bond donors (Lipinski definition) is 0. The summed E-state index contributed by atoms with van der Waals surface area (Å²) >= 11 is 6.11. The Morgan fingerprint density at radius 3 is 2.09 bits per heavy atom. The highest BCUT2D eigenvalue weighted by atomic mass is 35.5. The largest absolute Gasteiger partial charge is 0.432 e. The van der Waals surface area contributed by atoms with Gasteiger partial charge in [0.1, 0.15) is 0 Å². The molecule has 0 fully saturated rings. The number of rotatable bonds is 1. The predicted octanol–water partition coefficient (Wildman–Crippen LogP) is 3.77. The lowest BCUT2D eigenvalue weighted by molar-refractivity contribution is 0.0959. The van der Waals surface area contributed by atoms with E-state index < -0.39 is 0 Å². The van der Waals surface area contributed by atoms with Gasteiger partial charge in [0.05, 0.1) is 10.6 Å². The molecule has 0 bridgehead atoms. The molecule has 4 rings (SSSR count). The molecule has 22 heavy (non-hydrogen) atoms. The lowest BCUT2D eigenvalue weighted by Gasteiger charge is -2.10. The van der Waals surface area contributed by atoms with Crippen molar-refractivity contribution in [1.82, 2.24) is 4.98 Å². The van der Waals surface area contributed by atoms with Crippen LogP contribution in [0.15, 0.2) is 52.9 Å². The van der Waals surface area contributed by atoms with E-state index in [9.17, 15) is 9.59 Å². The number of hydrogen-bond acceptors (Lipinski definition) is 4. The molecular formula is C17H8ClNO3. The van der Waals surface area contributed by atoms with Gasteiger partial charge in [0.25, 0.3) is 0 Å². The molecule has 0 spiro atoms. The van der Waals surface area contributed by atoms with Gasteiger partial charge < -0.3 is 4.42 Å². The number of fused-ring (bicyclic) bond motifs is 2. The second-order valence-corrected chi connectivity index (χ2v) is 5.29. The third-order valence-electron chi connectivity index (χ3n) is 3.57. The first kappa shape index (κ1) is 13.0. The molecule has 3 aromatic rings. The van der Waals surface area contributed by atoms with Crippen molar-refractivity contribution in [2.24, 2.45) is 0 Å². The average Bonchev–Trinajstić information content (AvgIpc) is 2.98. The molecule has 1 aromatic heterocycles. The van der Waals surface area contributed by atoms with E-state index in [-0.39, 0.29) is 28.9 Å². The number of halogens is 1. The second-order valence-electron chi connectivity index (χ2n) is 4.88. The molecule has 0 amide bonds. The van der Waals surface area contributed by atoms with E-state index in [0.717, 1.165) is 0 Å². The number of carbonyl (C=O) groups excluding carboxylic acids is 2. The molecule has 4 nitrogen and oxygen atoms in total. The summed E-state index contributed by atoms with van der Waals surface area (Å²) in [4.78, 5) is 29.1. The minimum absolute atomic E-state index is 0.0291. The molecule has 0 atom stereocenters. The normalized spacial score (nSPS) is 13.0. The van der Waals surface area contributed by atoms with Gasteiger partial charge in [-0.1, -0.05) is 48.0 Å². The van der Waals surface area contributed by atoms with Crippen molar-refractivity contribution in [1.29, 1.82) is 0 Å². The van der Waals surface area contributed by atoms with E-state index >= 15 is 0 Å². The van der Waals surface area contributed by atoms with E-state index in [4.69, 9.17) is 16.0 Å². The van der Waals surface area contributed by atoms with Crippen molar-refractivity contribution in [3.8, 4) is 11.5 Å². The lowest BCUT2D eigenvalue weighted by atomic mass is 9.91. The van der Waals surface area contributed by atoms with Crippen LogP contribution < -0.4 is 0 Å². The maximum atomic E-state index is 12.5. The van der Waals surface area contributed by atoms with Gasteiger partial charge >= 0.3 is 0 Å². The number of nitrogens with zero attached hydrogens (tertiary/aromatic N) is 1. The number of benzene rings is 2. The van der Waals surface area contributed by atoms with Gasteiger partial charge in [-0.3, -0.25) is 9.59 Å². The van der Waals surface area contributed by atoms with Crippen LogP contribution in [0.1, 0.15) is 32.2 Å². The first-order valence-electron chi connectivity index (χ1n) is 6.61. The number of aromatic nitrogens is 1. The number of ketones is 2. The second kappa shape index (κ2) is 4.64. The third-order valence-corrected chi connectivity index (χ3v) is 3.90. The Bertz CT molecular complexity index is 890. The average molecular weight is 310 g/mol. The number of oxazole rings is 1. The zero-order chi connectivity index (χ0) is 15.3. The van der Waals surface area contributed by atoms with Crippen LogP contribution in [0.4, 0.5) is 0 Å². The van der Waals surface area contributed by atoms with Crippen molar-refractivity contribution in [3.05, 3.63) is 76.1 Å². The Morgan fingerprint density at radius 1 is 0.818 bits per heavy atom. The first-order chi connectivity index (χ1) is 10.7. The van der Waals surface area contributed by atoms with E-state index in [0.29, 0.717) is 21.7 Å². The highest BCUT2D eigenvalue weighted by molar-refractivity contribution is 6.33. The fourth-order valence-electron chi connectivity index (χ4n) is 2.51. The highest BCUT2D eigenvalue weighted by Gasteiger charge is 2.35. The molecule has 0 saturated carbocycles. The van der Waals surface area contributed by atoms with Gasteiger partial charge in [0.2, 0.25) is 23.2 Å². The molecule has 5 heteroatoms. The standard InChI is InChI=1S/C17H8ClNO3/c18-12-8-4-3-7-11(12)17-19-13-14(20)9-5-1-2-6-10(9)15(21)16(13)22-17/h1-8H. The Labute approximate surface area is 130 Å². The van der Waals surface area contributed by atoms with Crippen LogP contribution >= 0.6 is 11.6 Å². The fraction of sp³-hybridized carbons (Fsp3) is 0. The van der Waals surface area contributed by atoms with Crippen LogP contribution in [0.25, 0.3) is 11.5 Å². The summed E-state index contributed by atoms with van der Waals surface area (Å²) in [5.74, 6) is -0.507. The third kappa shape index (κ3) is 1.74. The highest BCUT2D eigenvalue weighted by Crippen LogP contribution is 2.33. The van der Waals surface area contributed by atoms with Crippen molar-refractivity contribution in [2.75, 3.05) is 0 Å². The SMILES string of the molecule is O=C1c2ccccc2C(=O)c2oc(-c3ccccc3Cl)nc21. The predicted molar refractivity (Wildman–Crippen MR) is 80.3 cm³/mol. The summed E-state index contributed by atoms with van der Waals surface area (Å²) in [6, 6.07) is 13.6. The number of carbonyl (C=O) groups is 2. The maximum absolute atomic E-state index is 12.5. The fourth-order valence-corrected chi connectivity index (χ4v) is 2.72. The molecule has 0 N–H and O–H groups in total. The Morgan fingerprint density at radius 2 is 1.41 bits per heavy atom. The summed E-state index contributed by atoms with van der Waals surface area (Å²) < 4.78 is 5.55. The minimum atomic E-state index is -0.337. The zero-order valence-corrected chi connectivity index (χ0v) is 11.9. The molecule has 0 radical (unpaired) electrons. The molecular weight excluding hydrogens is 302 g/mol. The van der Waals surface area contributed by atoms with Crippen molar-refractivity contribution in [2.45, 2.75) is 0 Å². The Kier molecular flexibility index (Phi) is 2.74. The van der Waals surface area contributed by atoms with Crippen LogP contribution in [0, 0.1) is 0 Å². The molecule has 1 heterocycles. The summed E-state index contributed by atoms with van der Waals surface area (Å²) in [6.45, 7) is 0. The summed E-state index contributed by atoms with van der Waals surface area (Å²) in [5.41, 5.74) is 1.27. The molecule has 106 valence electrons. The molecule has 2 aromatic carbocycles. The van der Waals surface area contributed by atoms with Gasteiger partial charge in [0, 0.05) is 11.1 Å². The lowest BCUT2D eigenvalue weighted by Crippen LogP contribution is -2.19. The summed E-state index contributed by atoms with van der Waals surface area (Å²) in [7, 11) is 0. The van der Waals surface area contributed by atoms with Gasteiger partial charge in [-0.05, 0) is 12.1 Å². The van der Waals surface area contributed by atoms with Crippen LogP contribution in [0.2, 0.25) is 5.02 Å². The van der Waals surface area contributed by atoms with Gasteiger partial charge in [-0.15, -0.1) is 0 Å². The van der Waals surface area contributed by atoms with Crippen molar-refractivity contribution < 1.29 is 14.0 Å². The van der Waals surface area contributed by atoms with Crippen LogP contribution in [-0.2, 0) is 0 Å². The van der Waals surface area contributed by atoms with Crippen molar-refractivity contribution >= 4 is 23.2 Å². The maximum Gasteiger partial charge on any atom is 0.231 e.